The van der Waals surface area contributed by atoms with E-state index in [-0.39, 0.29) is 80.4 Å². The topological polar surface area (TPSA) is 77.5 Å². The van der Waals surface area contributed by atoms with E-state index in [0.29, 0.717) is 0 Å². The minimum absolute atomic E-state index is 0. The van der Waals surface area contributed by atoms with E-state index in [1.165, 1.54) is 134 Å². The summed E-state index contributed by atoms with van der Waals surface area (Å²) in [5, 5.41) is 0. The van der Waals surface area contributed by atoms with Gasteiger partial charge in [0.05, 0.1) is 0 Å². The van der Waals surface area contributed by atoms with Crippen LogP contribution in [0.2, 0.25) is 0 Å². The van der Waals surface area contributed by atoms with Gasteiger partial charge in [-0.25, -0.2) is 19.9 Å². The summed E-state index contributed by atoms with van der Waals surface area (Å²) in [4.78, 5) is 34.9. The van der Waals surface area contributed by atoms with Gasteiger partial charge in [0.25, 0.3) is 0 Å². The molecule has 4 radical (unpaired) electrons. The number of hydrogen-bond donors (Lipinski definition) is 0. The Morgan fingerprint density at radius 3 is 0.696 bits per heavy atom. The van der Waals surface area contributed by atoms with Gasteiger partial charge in [0, 0.05) is 128 Å². The van der Waals surface area contributed by atoms with Crippen LogP contribution in [0.3, 0.4) is 0 Å². The predicted molar refractivity (Wildman–Crippen MR) is 446 cm³/mol. The number of benzene rings is 12. The number of aromatic nitrogens is 4. The summed E-state index contributed by atoms with van der Waals surface area (Å²) >= 11 is 0. The molecule has 0 amide bonds. The van der Waals surface area contributed by atoms with Crippen LogP contribution in [-0.2, 0) is 80.4 Å². The van der Waals surface area contributed by atoms with E-state index in [1.807, 2.05) is 47.0 Å². The van der Waals surface area contributed by atoms with Gasteiger partial charge in [-0.15, -0.1) is 82.6 Å². The molecule has 2 aromatic heterocycles. The number of nitrogens with zero attached hydrogens (tertiary/aromatic N) is 12. The summed E-state index contributed by atoms with van der Waals surface area (Å²) in [6.07, 6.45) is 6.88. The van der Waals surface area contributed by atoms with Crippen LogP contribution in [0.15, 0.2) is 243 Å². The molecule has 4 aliphatic rings. The number of hydrogen-bond acceptors (Lipinski definition) is 12. The molecule has 4 aliphatic heterocycles. The van der Waals surface area contributed by atoms with E-state index >= 15 is 0 Å². The Labute approximate surface area is 713 Å². The van der Waals surface area contributed by atoms with Crippen LogP contribution in [-0.4, -0.2) is 48.1 Å². The van der Waals surface area contributed by atoms with Gasteiger partial charge in [-0.3, -0.25) is 0 Å². The van der Waals surface area contributed by atoms with Crippen LogP contribution in [0.1, 0.15) is 44.5 Å². The van der Waals surface area contributed by atoms with Crippen LogP contribution >= 0.6 is 0 Å². The molecule has 0 unspecified atom stereocenters. The van der Waals surface area contributed by atoms with Crippen LogP contribution in [0, 0.1) is 106 Å². The van der Waals surface area contributed by atoms with Gasteiger partial charge in [0.1, 0.15) is 23.3 Å². The second kappa shape index (κ2) is 33.2. The molecule has 14 aromatic rings. The standard InChI is InChI=1S/C50H42N4.C46H38N8.4Ir/c1-33-34(2)50(44-18-10-8-16-42(44)38-25-29-40(30-26-38)54-32-52(6)46-20-12-14-22-48(46)54)36(4)35(3)49(33)43-17-9-7-15-41(43)37-23-27-39(28-24-37)53-31-51(5)45-19-11-13-21-47(45)53;1-29-30(2)42(40-14-10-8-12-38(40)34-17-21-36(22-18-34)54-28-52(6)44-46(54)50-26-24-48-44)32(4)31(3)41(29)39-13-9-7-11-37(39)33-15-19-35(20-16-33)53-27-51(5)43-45(53)49-25-23-47-43;;;;/h7-27,29,31-32H,1-6H3;7-19,21,23-28H,1-6H3;;;;/q2*-4;;;;. The predicted octanol–water partition coefficient (Wildman–Crippen LogP) is 22.8. The third kappa shape index (κ3) is 14.2. The molecule has 12 nitrogen and oxygen atoms in total. The van der Waals surface area contributed by atoms with Crippen molar-refractivity contribution in [3.8, 4) is 89.0 Å². The fourth-order valence-corrected chi connectivity index (χ4v) is 16.3. The third-order valence-electron chi connectivity index (χ3n) is 22.1. The molecule has 6 heterocycles. The van der Waals surface area contributed by atoms with Gasteiger partial charge in [-0.2, -0.15) is 86.1 Å². The number of anilines is 12. The van der Waals surface area contributed by atoms with Crippen LogP contribution in [0.5, 0.6) is 0 Å². The zero-order valence-corrected chi connectivity index (χ0v) is 73.7. The summed E-state index contributed by atoms with van der Waals surface area (Å²) in [5.74, 6) is 3.25. The number of fused-ring (bicyclic) bond motifs is 4. The van der Waals surface area contributed by atoms with Crippen molar-refractivity contribution in [2.24, 2.45) is 0 Å². The summed E-state index contributed by atoms with van der Waals surface area (Å²) in [6, 6.07) is 92.1. The molecule has 568 valence electrons. The van der Waals surface area contributed by atoms with Crippen molar-refractivity contribution in [3.63, 3.8) is 0 Å². The summed E-state index contributed by atoms with van der Waals surface area (Å²) < 4.78 is 0. The zero-order valence-electron chi connectivity index (χ0n) is 64.1. The molecule has 0 atom stereocenters. The van der Waals surface area contributed by atoms with E-state index in [9.17, 15) is 0 Å². The maximum atomic E-state index is 4.58. The van der Waals surface area contributed by atoms with Crippen molar-refractivity contribution in [2.45, 2.75) is 55.4 Å². The second-order valence-corrected chi connectivity index (χ2v) is 28.3. The van der Waals surface area contributed by atoms with E-state index in [4.69, 9.17) is 0 Å². The molecule has 112 heavy (non-hydrogen) atoms. The van der Waals surface area contributed by atoms with E-state index in [1.54, 1.807) is 24.8 Å². The first-order chi connectivity index (χ1) is 52.6. The first-order valence-electron chi connectivity index (χ1n) is 36.5. The molecule has 18 rings (SSSR count). The van der Waals surface area contributed by atoms with Crippen molar-refractivity contribution in [1.29, 1.82) is 0 Å². The molecule has 0 aliphatic carbocycles. The van der Waals surface area contributed by atoms with Gasteiger partial charge in [-0.05, 0) is 197 Å². The van der Waals surface area contributed by atoms with Gasteiger partial charge in [0.15, 0.2) is 0 Å². The fourth-order valence-electron chi connectivity index (χ4n) is 16.3. The average Bonchev–Trinajstić information content (AvgIpc) is 0.871. The molecule has 12 aromatic carbocycles. The average molecular weight is 2170 g/mol. The Morgan fingerprint density at radius 1 is 0.232 bits per heavy atom. The molecular weight excluding hydrogens is 2090 g/mol. The smallest absolute Gasteiger partial charge is 0.143 e. The second-order valence-electron chi connectivity index (χ2n) is 28.3. The molecule has 0 saturated carbocycles. The first kappa shape index (κ1) is 79.9. The van der Waals surface area contributed by atoms with Gasteiger partial charge in [0.2, 0.25) is 0 Å². The van der Waals surface area contributed by atoms with Crippen LogP contribution in [0.4, 0.5) is 68.8 Å². The van der Waals surface area contributed by atoms with Crippen LogP contribution < -0.4 is 39.2 Å². The molecule has 0 N–H and O–H groups in total. The van der Waals surface area contributed by atoms with E-state index < -0.39 is 0 Å². The SMILES string of the molecule is Cc1c(C)c(-c2ccccc2-c2c[c-]c(N3[CH-]N(C)c4ccccc43)cc2)c(C)c(C)c1-c1ccccc1-c1c[c-]c(N2[CH-]N(C)c3ccccc32)cc1.Cc1c(C)c(-c2ccccc2-c2c[c-]c(N3[CH-]N(C)c4nccnc43)cc2)c(C)c(C)c1-c1ccccc1-c1c[c-]c(N2[CH-]N(C)c3nccnc32)cc1.[Ir].[Ir].[Ir].[Ir]. The Kier molecular flexibility index (Phi) is 23.7. The maximum Gasteiger partial charge on any atom is 0.143 e. The van der Waals surface area contributed by atoms with E-state index in [0.717, 1.165) is 68.3 Å². The quantitative estimate of drug-likeness (QED) is 0.109. The zero-order chi connectivity index (χ0) is 74.2. The van der Waals surface area contributed by atoms with Crippen LogP contribution in [0.25, 0.3) is 89.0 Å². The Bertz CT molecular complexity index is 5050. The maximum absolute atomic E-state index is 4.58. The first-order valence-corrected chi connectivity index (χ1v) is 36.5. The van der Waals surface area contributed by atoms with Gasteiger partial charge >= 0.3 is 0 Å². The molecule has 0 fully saturated rings. The normalized spacial score (nSPS) is 13.0. The van der Waals surface area contributed by atoms with Gasteiger partial charge in [-0.1, -0.05) is 144 Å². The Morgan fingerprint density at radius 2 is 0.446 bits per heavy atom. The van der Waals surface area contributed by atoms with Crippen molar-refractivity contribution < 1.29 is 80.4 Å². The summed E-state index contributed by atoms with van der Waals surface area (Å²) in [5.41, 5.74) is 38.3. The van der Waals surface area contributed by atoms with Crippen molar-refractivity contribution in [2.75, 3.05) is 67.4 Å². The molecule has 0 saturated heterocycles. The minimum atomic E-state index is 0. The third-order valence-corrected chi connectivity index (χ3v) is 22.1. The number of para-hydroxylation sites is 4. The molecule has 0 spiro atoms. The van der Waals surface area contributed by atoms with Gasteiger partial charge < -0.3 is 39.2 Å². The van der Waals surface area contributed by atoms with Crippen molar-refractivity contribution >= 4 is 68.8 Å². The monoisotopic (exact) mass is 2170 g/mol. The largest absolute Gasteiger partial charge is 0.504 e. The Balaban J connectivity index is 0.000000189. The molecular formula is C96H80Ir4N12-8. The summed E-state index contributed by atoms with van der Waals surface area (Å²) in [7, 11) is 8.14. The minimum Gasteiger partial charge on any atom is -0.504 e. The van der Waals surface area contributed by atoms with Crippen molar-refractivity contribution in [3.05, 3.63) is 339 Å². The summed E-state index contributed by atoms with van der Waals surface area (Å²) in [6.45, 7) is 26.5. The van der Waals surface area contributed by atoms with Crippen molar-refractivity contribution in [1.82, 2.24) is 19.9 Å². The Hall–Kier alpha value is -10.2. The fraction of sp³-hybridized carbons (Fsp3) is 0.125. The molecule has 16 heteroatoms. The van der Waals surface area contributed by atoms with E-state index in [2.05, 4.69) is 365 Å². The molecule has 0 bridgehead atoms. The number of rotatable bonds is 12.